The van der Waals surface area contributed by atoms with E-state index >= 15 is 0 Å². The van der Waals surface area contributed by atoms with Gasteiger partial charge in [0.15, 0.2) is 0 Å². The van der Waals surface area contributed by atoms with Gasteiger partial charge in [0.25, 0.3) is 0 Å². The molecule has 104 valence electrons. The smallest absolute Gasteiger partial charge is 0.0428 e. The van der Waals surface area contributed by atoms with Gasteiger partial charge in [0.1, 0.15) is 0 Å². The van der Waals surface area contributed by atoms with Gasteiger partial charge in [-0.15, -0.1) is 0 Å². The highest BCUT2D eigenvalue weighted by atomic mass is 35.5. The summed E-state index contributed by atoms with van der Waals surface area (Å²) in [6, 6.07) is 15.2. The molecule has 20 heavy (non-hydrogen) atoms. The predicted molar refractivity (Wildman–Crippen MR) is 85.8 cm³/mol. The van der Waals surface area contributed by atoms with Crippen molar-refractivity contribution in [2.75, 3.05) is 5.32 Å². The molecule has 0 aromatic heterocycles. The minimum atomic E-state index is 0.738. The molecule has 0 bridgehead atoms. The zero-order valence-electron chi connectivity index (χ0n) is 11.6. The van der Waals surface area contributed by atoms with Gasteiger partial charge in [0.2, 0.25) is 0 Å². The topological polar surface area (TPSA) is 24.1 Å². The Hall–Kier alpha value is -1.51. The molecule has 0 atom stereocenters. The van der Waals surface area contributed by atoms with Crippen molar-refractivity contribution in [1.82, 2.24) is 5.32 Å². The third kappa shape index (κ3) is 3.53. The number of anilines is 2. The van der Waals surface area contributed by atoms with Crippen molar-refractivity contribution in [2.45, 2.75) is 32.4 Å². The Labute approximate surface area is 125 Å². The van der Waals surface area contributed by atoms with Crippen LogP contribution in [0.15, 0.2) is 42.5 Å². The van der Waals surface area contributed by atoms with E-state index < -0.39 is 0 Å². The maximum absolute atomic E-state index is 6.06. The number of hydrogen-bond acceptors (Lipinski definition) is 2. The van der Waals surface area contributed by atoms with Crippen molar-refractivity contribution in [3.8, 4) is 0 Å². The first-order chi connectivity index (χ1) is 9.70. The first kappa shape index (κ1) is 13.5. The van der Waals surface area contributed by atoms with Crippen molar-refractivity contribution in [3.63, 3.8) is 0 Å². The normalized spacial score (nSPS) is 14.3. The highest BCUT2D eigenvalue weighted by Crippen LogP contribution is 2.25. The molecule has 2 nitrogen and oxygen atoms in total. The maximum Gasteiger partial charge on any atom is 0.0428 e. The minimum Gasteiger partial charge on any atom is -0.355 e. The van der Waals surface area contributed by atoms with Gasteiger partial charge in [-0.25, -0.2) is 0 Å². The summed E-state index contributed by atoms with van der Waals surface area (Å²) < 4.78 is 0. The molecule has 0 amide bonds. The van der Waals surface area contributed by atoms with E-state index in [1.807, 2.05) is 18.2 Å². The molecule has 2 N–H and O–H groups in total. The van der Waals surface area contributed by atoms with Crippen molar-refractivity contribution >= 4 is 23.0 Å². The lowest BCUT2D eigenvalue weighted by atomic mass is 10.1. The van der Waals surface area contributed by atoms with Crippen LogP contribution in [0.1, 0.15) is 24.0 Å². The largest absolute Gasteiger partial charge is 0.355 e. The van der Waals surface area contributed by atoms with Crippen molar-refractivity contribution in [3.05, 3.63) is 58.6 Å². The van der Waals surface area contributed by atoms with Crippen LogP contribution in [0.2, 0.25) is 5.02 Å². The molecular weight excluding hydrogens is 268 g/mol. The van der Waals surface area contributed by atoms with Gasteiger partial charge >= 0.3 is 0 Å². The number of halogens is 1. The molecule has 0 spiro atoms. The SMILES string of the molecule is Cc1ccc(Cl)cc1Nc1cccc(CNC2CC2)c1. The molecule has 1 saturated carbocycles. The van der Waals surface area contributed by atoms with Crippen LogP contribution in [-0.2, 0) is 6.54 Å². The summed E-state index contributed by atoms with van der Waals surface area (Å²) in [6.07, 6.45) is 2.64. The van der Waals surface area contributed by atoms with Gasteiger partial charge in [-0.05, 0) is 55.2 Å². The molecule has 3 heteroatoms. The second-order valence-electron chi connectivity index (χ2n) is 5.44. The van der Waals surface area contributed by atoms with E-state index in [1.165, 1.54) is 24.0 Å². The lowest BCUT2D eigenvalue weighted by Gasteiger charge is -2.11. The Kier molecular flexibility index (Phi) is 3.95. The van der Waals surface area contributed by atoms with E-state index in [1.54, 1.807) is 0 Å². The lowest BCUT2D eigenvalue weighted by Crippen LogP contribution is -2.15. The number of hydrogen-bond donors (Lipinski definition) is 2. The maximum atomic E-state index is 6.06. The van der Waals surface area contributed by atoms with Gasteiger partial charge in [0.05, 0.1) is 0 Å². The minimum absolute atomic E-state index is 0.738. The standard InChI is InChI=1S/C17H19ClN2/c1-12-5-6-14(18)10-17(12)20-16-4-2-3-13(9-16)11-19-15-7-8-15/h2-6,9-10,15,19-20H,7-8,11H2,1H3. The van der Waals surface area contributed by atoms with Gasteiger partial charge in [-0.1, -0.05) is 29.8 Å². The molecule has 0 radical (unpaired) electrons. The molecule has 2 aromatic carbocycles. The van der Waals surface area contributed by atoms with Gasteiger partial charge in [-0.2, -0.15) is 0 Å². The fraction of sp³-hybridized carbons (Fsp3) is 0.294. The summed E-state index contributed by atoms with van der Waals surface area (Å²) >= 11 is 6.06. The van der Waals surface area contributed by atoms with Crippen LogP contribution in [0, 0.1) is 6.92 Å². The van der Waals surface area contributed by atoms with E-state index in [0.717, 1.165) is 29.0 Å². The van der Waals surface area contributed by atoms with Gasteiger partial charge in [0, 0.05) is 29.0 Å². The summed E-state index contributed by atoms with van der Waals surface area (Å²) in [4.78, 5) is 0. The van der Waals surface area contributed by atoms with Crippen LogP contribution in [-0.4, -0.2) is 6.04 Å². The predicted octanol–water partition coefficient (Wildman–Crippen LogP) is 4.64. The van der Waals surface area contributed by atoms with Crippen molar-refractivity contribution in [2.24, 2.45) is 0 Å². The monoisotopic (exact) mass is 286 g/mol. The number of aryl methyl sites for hydroxylation is 1. The first-order valence-electron chi connectivity index (χ1n) is 7.06. The fourth-order valence-corrected chi connectivity index (χ4v) is 2.37. The van der Waals surface area contributed by atoms with Crippen molar-refractivity contribution in [1.29, 1.82) is 0 Å². The molecule has 1 fully saturated rings. The number of rotatable bonds is 5. The Morgan fingerprint density at radius 1 is 1.15 bits per heavy atom. The van der Waals surface area contributed by atoms with Crippen LogP contribution < -0.4 is 10.6 Å². The molecule has 1 aliphatic rings. The summed E-state index contributed by atoms with van der Waals surface area (Å²) in [7, 11) is 0. The van der Waals surface area contributed by atoms with E-state index in [9.17, 15) is 0 Å². The van der Waals surface area contributed by atoms with E-state index in [4.69, 9.17) is 11.6 Å². The van der Waals surface area contributed by atoms with E-state index in [0.29, 0.717) is 0 Å². The van der Waals surface area contributed by atoms with Crippen LogP contribution in [0.5, 0.6) is 0 Å². The van der Waals surface area contributed by atoms with E-state index in [-0.39, 0.29) is 0 Å². The quantitative estimate of drug-likeness (QED) is 0.836. The van der Waals surface area contributed by atoms with Crippen LogP contribution >= 0.6 is 11.6 Å². The molecule has 1 aliphatic carbocycles. The number of benzene rings is 2. The second kappa shape index (κ2) is 5.86. The Morgan fingerprint density at radius 2 is 2.00 bits per heavy atom. The van der Waals surface area contributed by atoms with Crippen LogP contribution in [0.3, 0.4) is 0 Å². The van der Waals surface area contributed by atoms with E-state index in [2.05, 4.69) is 41.8 Å². The third-order valence-corrected chi connectivity index (χ3v) is 3.81. The highest BCUT2D eigenvalue weighted by molar-refractivity contribution is 6.30. The molecule has 2 aromatic rings. The summed E-state index contributed by atoms with van der Waals surface area (Å²) in [5.41, 5.74) is 4.66. The second-order valence-corrected chi connectivity index (χ2v) is 5.88. The fourth-order valence-electron chi connectivity index (χ4n) is 2.19. The molecule has 0 heterocycles. The first-order valence-corrected chi connectivity index (χ1v) is 7.44. The van der Waals surface area contributed by atoms with Crippen LogP contribution in [0.4, 0.5) is 11.4 Å². The van der Waals surface area contributed by atoms with Gasteiger partial charge < -0.3 is 10.6 Å². The Balaban J connectivity index is 1.72. The average molecular weight is 287 g/mol. The summed E-state index contributed by atoms with van der Waals surface area (Å²) in [6.45, 7) is 3.02. The molecule has 0 unspecified atom stereocenters. The zero-order valence-corrected chi connectivity index (χ0v) is 12.4. The molecule has 0 aliphatic heterocycles. The van der Waals surface area contributed by atoms with Gasteiger partial charge in [-0.3, -0.25) is 0 Å². The molecule has 3 rings (SSSR count). The zero-order chi connectivity index (χ0) is 13.9. The Bertz CT molecular complexity index is 606. The molecular formula is C17H19ClN2. The third-order valence-electron chi connectivity index (χ3n) is 3.58. The van der Waals surface area contributed by atoms with Crippen molar-refractivity contribution < 1.29 is 0 Å². The van der Waals surface area contributed by atoms with Crippen LogP contribution in [0.25, 0.3) is 0 Å². The average Bonchev–Trinajstić information content (AvgIpc) is 3.25. The highest BCUT2D eigenvalue weighted by Gasteiger charge is 2.19. The number of nitrogens with one attached hydrogen (secondary N) is 2. The lowest BCUT2D eigenvalue weighted by molar-refractivity contribution is 0.688. The summed E-state index contributed by atoms with van der Waals surface area (Å²) in [5, 5.41) is 7.73. The Morgan fingerprint density at radius 3 is 2.80 bits per heavy atom. The molecule has 0 saturated heterocycles. The summed E-state index contributed by atoms with van der Waals surface area (Å²) in [5.74, 6) is 0.